The molecule has 1 aromatic heterocycles. The maximum absolute atomic E-state index is 12.1. The molecule has 3 rings (SSSR count). The van der Waals surface area contributed by atoms with Crippen LogP contribution in [0.5, 0.6) is 5.75 Å². The van der Waals surface area contributed by atoms with Crippen molar-refractivity contribution >= 4 is 16.8 Å². The van der Waals surface area contributed by atoms with E-state index in [0.29, 0.717) is 13.0 Å². The number of methoxy groups -OCH3 is 1. The first-order chi connectivity index (χ1) is 11.2. The number of benzene rings is 2. The number of nitrogens with one attached hydrogen (secondary N) is 2. The molecule has 3 aromatic rings. The first-order valence-electron chi connectivity index (χ1n) is 7.70. The Bertz CT molecular complexity index is 808. The Kier molecular flexibility index (Phi) is 4.62. The van der Waals surface area contributed by atoms with Crippen molar-refractivity contribution in [2.24, 2.45) is 0 Å². The molecule has 0 unspecified atom stereocenters. The molecule has 118 valence electrons. The van der Waals surface area contributed by atoms with Crippen LogP contribution >= 0.6 is 0 Å². The van der Waals surface area contributed by atoms with Gasteiger partial charge in [-0.2, -0.15) is 0 Å². The molecule has 0 radical (unpaired) electrons. The van der Waals surface area contributed by atoms with Crippen molar-refractivity contribution in [3.05, 3.63) is 65.9 Å². The molecule has 0 aliphatic heterocycles. The van der Waals surface area contributed by atoms with Crippen LogP contribution in [0.4, 0.5) is 0 Å². The number of aromatic amines is 1. The van der Waals surface area contributed by atoms with Crippen LogP contribution in [0, 0.1) is 0 Å². The molecule has 2 N–H and O–H groups in total. The third kappa shape index (κ3) is 3.92. The van der Waals surface area contributed by atoms with Crippen LogP contribution < -0.4 is 10.1 Å². The highest BCUT2D eigenvalue weighted by Gasteiger charge is 2.05. The second-order valence-corrected chi connectivity index (χ2v) is 5.53. The van der Waals surface area contributed by atoms with Crippen LogP contribution in [0.3, 0.4) is 0 Å². The summed E-state index contributed by atoms with van der Waals surface area (Å²) in [6.45, 7) is 0.622. The van der Waals surface area contributed by atoms with Gasteiger partial charge in [-0.3, -0.25) is 4.79 Å². The summed E-state index contributed by atoms with van der Waals surface area (Å²) in [6, 6.07) is 16.0. The Labute approximate surface area is 135 Å². The average molecular weight is 308 g/mol. The normalized spacial score (nSPS) is 10.7. The minimum Gasteiger partial charge on any atom is -0.497 e. The van der Waals surface area contributed by atoms with Crippen molar-refractivity contribution in [2.75, 3.05) is 13.7 Å². The SMILES string of the molecule is COc1cccc(CCNC(=O)Cc2ccc3cc[nH]c3c2)c1. The van der Waals surface area contributed by atoms with E-state index in [2.05, 4.69) is 10.3 Å². The van der Waals surface area contributed by atoms with Gasteiger partial charge in [0.1, 0.15) is 5.75 Å². The molecule has 0 saturated carbocycles. The van der Waals surface area contributed by atoms with E-state index in [9.17, 15) is 4.79 Å². The predicted octanol–water partition coefficient (Wildman–Crippen LogP) is 3.08. The fourth-order valence-electron chi connectivity index (χ4n) is 2.63. The molecule has 1 heterocycles. The van der Waals surface area contributed by atoms with Gasteiger partial charge in [-0.1, -0.05) is 24.3 Å². The lowest BCUT2D eigenvalue weighted by molar-refractivity contribution is -0.120. The summed E-state index contributed by atoms with van der Waals surface area (Å²) in [4.78, 5) is 15.2. The van der Waals surface area contributed by atoms with E-state index in [1.807, 2.05) is 54.7 Å². The predicted molar refractivity (Wildman–Crippen MR) is 91.7 cm³/mol. The van der Waals surface area contributed by atoms with Gasteiger partial charge in [0.05, 0.1) is 13.5 Å². The van der Waals surface area contributed by atoms with E-state index >= 15 is 0 Å². The Balaban J connectivity index is 1.51. The lowest BCUT2D eigenvalue weighted by Gasteiger charge is -2.07. The number of H-pyrrole nitrogens is 1. The Morgan fingerprint density at radius 1 is 1.13 bits per heavy atom. The van der Waals surface area contributed by atoms with Crippen molar-refractivity contribution < 1.29 is 9.53 Å². The Morgan fingerprint density at radius 2 is 2.04 bits per heavy atom. The van der Waals surface area contributed by atoms with Gasteiger partial charge in [-0.15, -0.1) is 0 Å². The number of hydrogen-bond donors (Lipinski definition) is 2. The monoisotopic (exact) mass is 308 g/mol. The molecule has 0 saturated heterocycles. The second kappa shape index (κ2) is 7.01. The van der Waals surface area contributed by atoms with Gasteiger partial charge >= 0.3 is 0 Å². The Morgan fingerprint density at radius 3 is 2.91 bits per heavy atom. The average Bonchev–Trinajstić information content (AvgIpc) is 3.02. The fourth-order valence-corrected chi connectivity index (χ4v) is 2.63. The number of hydrogen-bond acceptors (Lipinski definition) is 2. The van der Waals surface area contributed by atoms with Gasteiger partial charge in [0.15, 0.2) is 0 Å². The second-order valence-electron chi connectivity index (χ2n) is 5.53. The van der Waals surface area contributed by atoms with Gasteiger partial charge in [0.25, 0.3) is 0 Å². The van der Waals surface area contributed by atoms with Gasteiger partial charge < -0.3 is 15.0 Å². The number of fused-ring (bicyclic) bond motifs is 1. The molecule has 1 amide bonds. The molecule has 0 aliphatic carbocycles. The maximum Gasteiger partial charge on any atom is 0.224 e. The van der Waals surface area contributed by atoms with E-state index in [-0.39, 0.29) is 5.91 Å². The summed E-state index contributed by atoms with van der Waals surface area (Å²) in [7, 11) is 1.65. The zero-order valence-electron chi connectivity index (χ0n) is 13.1. The Hall–Kier alpha value is -2.75. The summed E-state index contributed by atoms with van der Waals surface area (Å²) in [5, 5.41) is 4.13. The smallest absolute Gasteiger partial charge is 0.224 e. The van der Waals surface area contributed by atoms with Gasteiger partial charge in [0, 0.05) is 18.3 Å². The van der Waals surface area contributed by atoms with Gasteiger partial charge in [-0.05, 0) is 47.2 Å². The maximum atomic E-state index is 12.1. The third-order valence-electron chi connectivity index (χ3n) is 3.85. The lowest BCUT2D eigenvalue weighted by atomic mass is 10.1. The summed E-state index contributed by atoms with van der Waals surface area (Å²) in [6.07, 6.45) is 3.09. The number of ether oxygens (including phenoxy) is 1. The molecule has 2 aromatic carbocycles. The fraction of sp³-hybridized carbons (Fsp3) is 0.211. The number of carbonyl (C=O) groups excluding carboxylic acids is 1. The first-order valence-corrected chi connectivity index (χ1v) is 7.70. The minimum absolute atomic E-state index is 0.0406. The van der Waals surface area contributed by atoms with Crippen molar-refractivity contribution in [2.45, 2.75) is 12.8 Å². The topological polar surface area (TPSA) is 54.1 Å². The van der Waals surface area contributed by atoms with Crippen LogP contribution in [0.1, 0.15) is 11.1 Å². The van der Waals surface area contributed by atoms with E-state index in [1.54, 1.807) is 7.11 Å². The zero-order chi connectivity index (χ0) is 16.1. The van der Waals surface area contributed by atoms with Gasteiger partial charge in [-0.25, -0.2) is 0 Å². The van der Waals surface area contributed by atoms with Crippen LogP contribution in [0.25, 0.3) is 10.9 Å². The molecular weight excluding hydrogens is 288 g/mol. The number of rotatable bonds is 6. The largest absolute Gasteiger partial charge is 0.497 e. The van der Waals surface area contributed by atoms with Crippen molar-refractivity contribution in [3.63, 3.8) is 0 Å². The molecule has 4 nitrogen and oxygen atoms in total. The first kappa shape index (κ1) is 15.2. The van der Waals surface area contributed by atoms with E-state index in [4.69, 9.17) is 4.74 Å². The number of aromatic nitrogens is 1. The molecule has 0 bridgehead atoms. The van der Waals surface area contributed by atoms with Crippen molar-refractivity contribution in [1.29, 1.82) is 0 Å². The zero-order valence-corrected chi connectivity index (χ0v) is 13.1. The summed E-state index contributed by atoms with van der Waals surface area (Å²) in [5.41, 5.74) is 3.22. The summed E-state index contributed by atoms with van der Waals surface area (Å²) >= 11 is 0. The van der Waals surface area contributed by atoms with Crippen LogP contribution in [0.15, 0.2) is 54.7 Å². The highest BCUT2D eigenvalue weighted by molar-refractivity contribution is 5.83. The molecule has 23 heavy (non-hydrogen) atoms. The number of carbonyl (C=O) groups is 1. The molecule has 0 atom stereocenters. The highest BCUT2D eigenvalue weighted by atomic mass is 16.5. The molecule has 0 fully saturated rings. The molecule has 0 spiro atoms. The standard InChI is InChI=1S/C19H20N2O2/c1-23-17-4-2-3-14(11-17)7-9-21-19(22)13-15-5-6-16-8-10-20-18(16)12-15/h2-6,8,10-12,20H,7,9,13H2,1H3,(H,21,22). The number of amides is 1. The molecular formula is C19H20N2O2. The lowest BCUT2D eigenvalue weighted by Crippen LogP contribution is -2.27. The third-order valence-corrected chi connectivity index (χ3v) is 3.85. The van der Waals surface area contributed by atoms with E-state index < -0.39 is 0 Å². The molecule has 4 heteroatoms. The summed E-state index contributed by atoms with van der Waals surface area (Å²) < 4.78 is 5.20. The van der Waals surface area contributed by atoms with Crippen molar-refractivity contribution in [3.8, 4) is 5.75 Å². The van der Waals surface area contributed by atoms with Crippen LogP contribution in [-0.4, -0.2) is 24.5 Å². The highest BCUT2D eigenvalue weighted by Crippen LogP contribution is 2.15. The van der Waals surface area contributed by atoms with E-state index in [0.717, 1.165) is 34.2 Å². The minimum atomic E-state index is 0.0406. The van der Waals surface area contributed by atoms with Gasteiger partial charge in [0.2, 0.25) is 5.91 Å². The van der Waals surface area contributed by atoms with E-state index in [1.165, 1.54) is 0 Å². The quantitative estimate of drug-likeness (QED) is 0.735. The van der Waals surface area contributed by atoms with Crippen molar-refractivity contribution in [1.82, 2.24) is 10.3 Å². The van der Waals surface area contributed by atoms with Crippen LogP contribution in [-0.2, 0) is 17.6 Å². The molecule has 0 aliphatic rings. The van der Waals surface area contributed by atoms with Crippen LogP contribution in [0.2, 0.25) is 0 Å². The summed E-state index contributed by atoms with van der Waals surface area (Å²) in [5.74, 6) is 0.881.